The predicted octanol–water partition coefficient (Wildman–Crippen LogP) is 0.348. The SMILES string of the molecule is C=CC(C)N1CCCC(C(=O)NCCN)C1. The number of carbonyl (C=O) groups is 1. The van der Waals surface area contributed by atoms with Crippen LogP contribution in [-0.2, 0) is 4.79 Å². The van der Waals surface area contributed by atoms with Crippen LogP contribution in [0.4, 0.5) is 0 Å². The zero-order chi connectivity index (χ0) is 12.0. The van der Waals surface area contributed by atoms with Crippen LogP contribution in [0, 0.1) is 5.92 Å². The lowest BCUT2D eigenvalue weighted by Crippen LogP contribution is -2.46. The number of piperidine rings is 1. The minimum atomic E-state index is 0.114. The number of hydrogen-bond donors (Lipinski definition) is 2. The lowest BCUT2D eigenvalue weighted by atomic mass is 9.96. The number of carbonyl (C=O) groups excluding carboxylic acids is 1. The molecule has 3 N–H and O–H groups in total. The molecule has 1 fully saturated rings. The van der Waals surface area contributed by atoms with Crippen molar-refractivity contribution in [1.29, 1.82) is 0 Å². The van der Waals surface area contributed by atoms with Crippen LogP contribution in [0.2, 0.25) is 0 Å². The lowest BCUT2D eigenvalue weighted by molar-refractivity contribution is -0.126. The highest BCUT2D eigenvalue weighted by atomic mass is 16.1. The Hall–Kier alpha value is -0.870. The molecule has 0 radical (unpaired) electrons. The zero-order valence-corrected chi connectivity index (χ0v) is 10.1. The van der Waals surface area contributed by atoms with E-state index in [1.807, 2.05) is 6.08 Å². The maximum atomic E-state index is 11.8. The van der Waals surface area contributed by atoms with Crippen molar-refractivity contribution >= 4 is 5.91 Å². The second-order valence-corrected chi connectivity index (χ2v) is 4.39. The van der Waals surface area contributed by atoms with Gasteiger partial charge in [-0.15, -0.1) is 6.58 Å². The highest BCUT2D eigenvalue weighted by Gasteiger charge is 2.26. The molecule has 1 rings (SSSR count). The molecule has 0 saturated carbocycles. The Balaban J connectivity index is 2.43. The summed E-state index contributed by atoms with van der Waals surface area (Å²) in [5.41, 5.74) is 5.37. The minimum Gasteiger partial charge on any atom is -0.355 e. The molecular weight excluding hydrogens is 202 g/mol. The third-order valence-electron chi connectivity index (χ3n) is 3.18. The minimum absolute atomic E-state index is 0.114. The maximum Gasteiger partial charge on any atom is 0.224 e. The number of likely N-dealkylation sites (tertiary alicyclic amines) is 1. The van der Waals surface area contributed by atoms with Gasteiger partial charge in [-0.25, -0.2) is 0 Å². The summed E-state index contributed by atoms with van der Waals surface area (Å²) in [6.45, 7) is 8.90. The Labute approximate surface area is 97.9 Å². The van der Waals surface area contributed by atoms with Gasteiger partial charge in [0.2, 0.25) is 5.91 Å². The Morgan fingerprint density at radius 1 is 1.75 bits per heavy atom. The molecule has 0 bridgehead atoms. The fourth-order valence-corrected chi connectivity index (χ4v) is 2.08. The summed E-state index contributed by atoms with van der Waals surface area (Å²) in [4.78, 5) is 14.1. The van der Waals surface area contributed by atoms with Crippen molar-refractivity contribution in [3.05, 3.63) is 12.7 Å². The van der Waals surface area contributed by atoms with E-state index in [9.17, 15) is 4.79 Å². The van der Waals surface area contributed by atoms with E-state index in [4.69, 9.17) is 5.73 Å². The van der Waals surface area contributed by atoms with Gasteiger partial charge in [-0.3, -0.25) is 9.69 Å². The maximum absolute atomic E-state index is 11.8. The molecule has 1 heterocycles. The lowest BCUT2D eigenvalue weighted by Gasteiger charge is -2.34. The summed E-state index contributed by atoms with van der Waals surface area (Å²) in [6, 6.07) is 0.352. The van der Waals surface area contributed by atoms with Gasteiger partial charge < -0.3 is 11.1 Å². The first kappa shape index (κ1) is 13.2. The molecule has 0 aliphatic carbocycles. The predicted molar refractivity (Wildman–Crippen MR) is 66.0 cm³/mol. The van der Waals surface area contributed by atoms with Gasteiger partial charge in [-0.05, 0) is 26.3 Å². The molecule has 1 saturated heterocycles. The van der Waals surface area contributed by atoms with E-state index in [-0.39, 0.29) is 11.8 Å². The van der Waals surface area contributed by atoms with E-state index in [0.29, 0.717) is 19.1 Å². The van der Waals surface area contributed by atoms with Gasteiger partial charge in [0.05, 0.1) is 5.92 Å². The topological polar surface area (TPSA) is 58.4 Å². The van der Waals surface area contributed by atoms with E-state index >= 15 is 0 Å². The third-order valence-corrected chi connectivity index (χ3v) is 3.18. The summed E-state index contributed by atoms with van der Waals surface area (Å²) >= 11 is 0. The van der Waals surface area contributed by atoms with Crippen molar-refractivity contribution in [1.82, 2.24) is 10.2 Å². The molecule has 0 aromatic rings. The van der Waals surface area contributed by atoms with Crippen LogP contribution in [-0.4, -0.2) is 43.0 Å². The Morgan fingerprint density at radius 3 is 3.12 bits per heavy atom. The Morgan fingerprint density at radius 2 is 2.50 bits per heavy atom. The van der Waals surface area contributed by atoms with Gasteiger partial charge >= 0.3 is 0 Å². The number of nitrogens with zero attached hydrogens (tertiary/aromatic N) is 1. The Bertz CT molecular complexity index is 242. The van der Waals surface area contributed by atoms with Crippen LogP contribution >= 0.6 is 0 Å². The molecule has 0 aromatic carbocycles. The van der Waals surface area contributed by atoms with Gasteiger partial charge in [0.25, 0.3) is 0 Å². The van der Waals surface area contributed by atoms with E-state index in [1.165, 1.54) is 0 Å². The molecule has 92 valence electrons. The summed E-state index contributed by atoms with van der Waals surface area (Å²) in [7, 11) is 0. The number of hydrogen-bond acceptors (Lipinski definition) is 3. The molecule has 16 heavy (non-hydrogen) atoms. The van der Waals surface area contributed by atoms with Gasteiger partial charge in [-0.1, -0.05) is 6.08 Å². The smallest absolute Gasteiger partial charge is 0.224 e. The number of nitrogens with two attached hydrogens (primary N) is 1. The molecule has 2 unspecified atom stereocenters. The first-order valence-corrected chi connectivity index (χ1v) is 6.03. The molecule has 4 heteroatoms. The van der Waals surface area contributed by atoms with Crippen molar-refractivity contribution in [3.8, 4) is 0 Å². The van der Waals surface area contributed by atoms with Gasteiger partial charge in [0.15, 0.2) is 0 Å². The Kier molecular flexibility index (Phi) is 5.49. The monoisotopic (exact) mass is 225 g/mol. The average molecular weight is 225 g/mol. The van der Waals surface area contributed by atoms with Crippen LogP contribution in [0.15, 0.2) is 12.7 Å². The standard InChI is InChI=1S/C12H23N3O/c1-3-10(2)15-8-4-5-11(9-15)12(16)14-7-6-13/h3,10-11H,1,4-9,13H2,2H3,(H,14,16). The summed E-state index contributed by atoms with van der Waals surface area (Å²) < 4.78 is 0. The largest absolute Gasteiger partial charge is 0.355 e. The van der Waals surface area contributed by atoms with E-state index in [2.05, 4.69) is 23.7 Å². The highest BCUT2D eigenvalue weighted by Crippen LogP contribution is 2.18. The van der Waals surface area contributed by atoms with Gasteiger partial charge in [0, 0.05) is 25.7 Å². The molecular formula is C12H23N3O. The quantitative estimate of drug-likeness (QED) is 0.664. The van der Waals surface area contributed by atoms with Crippen LogP contribution in [0.5, 0.6) is 0 Å². The molecule has 0 aromatic heterocycles. The van der Waals surface area contributed by atoms with Crippen molar-refractivity contribution in [2.24, 2.45) is 11.7 Å². The first-order valence-electron chi connectivity index (χ1n) is 6.03. The second-order valence-electron chi connectivity index (χ2n) is 4.39. The third kappa shape index (κ3) is 3.61. The van der Waals surface area contributed by atoms with E-state index in [1.54, 1.807) is 0 Å². The molecule has 4 nitrogen and oxygen atoms in total. The number of nitrogens with one attached hydrogen (secondary N) is 1. The number of rotatable bonds is 5. The summed E-state index contributed by atoms with van der Waals surface area (Å²) in [5, 5.41) is 2.86. The van der Waals surface area contributed by atoms with Gasteiger partial charge in [-0.2, -0.15) is 0 Å². The van der Waals surface area contributed by atoms with E-state index < -0.39 is 0 Å². The van der Waals surface area contributed by atoms with Crippen molar-refractivity contribution in [3.63, 3.8) is 0 Å². The first-order chi connectivity index (χ1) is 7.69. The fourth-order valence-electron chi connectivity index (χ4n) is 2.08. The van der Waals surface area contributed by atoms with Crippen molar-refractivity contribution < 1.29 is 4.79 Å². The fraction of sp³-hybridized carbons (Fsp3) is 0.750. The molecule has 2 atom stereocenters. The molecule has 1 aliphatic heterocycles. The zero-order valence-electron chi connectivity index (χ0n) is 10.1. The second kappa shape index (κ2) is 6.66. The van der Waals surface area contributed by atoms with Crippen LogP contribution in [0.1, 0.15) is 19.8 Å². The molecule has 1 amide bonds. The highest BCUT2D eigenvalue weighted by molar-refractivity contribution is 5.78. The van der Waals surface area contributed by atoms with Crippen molar-refractivity contribution in [2.75, 3.05) is 26.2 Å². The van der Waals surface area contributed by atoms with Gasteiger partial charge in [0.1, 0.15) is 0 Å². The van der Waals surface area contributed by atoms with Crippen LogP contribution in [0.3, 0.4) is 0 Å². The van der Waals surface area contributed by atoms with Crippen molar-refractivity contribution in [2.45, 2.75) is 25.8 Å². The molecule has 1 aliphatic rings. The number of amides is 1. The summed E-state index contributed by atoms with van der Waals surface area (Å²) in [6.07, 6.45) is 4.00. The molecule has 0 spiro atoms. The van der Waals surface area contributed by atoms with E-state index in [0.717, 1.165) is 25.9 Å². The average Bonchev–Trinajstić information content (AvgIpc) is 2.35. The van der Waals surface area contributed by atoms with Crippen LogP contribution in [0.25, 0.3) is 0 Å². The normalized spacial score (nSPS) is 23.8. The summed E-state index contributed by atoms with van der Waals surface area (Å²) in [5.74, 6) is 0.258. The van der Waals surface area contributed by atoms with Crippen LogP contribution < -0.4 is 11.1 Å².